The molecule has 0 atom stereocenters. The van der Waals surface area contributed by atoms with Crippen molar-refractivity contribution < 1.29 is 13.5 Å². The maximum atomic E-state index is 16.4. The van der Waals surface area contributed by atoms with E-state index in [4.69, 9.17) is 15.5 Å². The second kappa shape index (κ2) is 9.63. The van der Waals surface area contributed by atoms with Gasteiger partial charge < -0.3 is 15.4 Å². The molecule has 0 bridgehead atoms. The number of benzene rings is 1. The number of hydrogen-bond donors (Lipinski definition) is 1. The number of thiazole rings is 1. The number of fused-ring (bicyclic) bond motifs is 3. The molecule has 0 saturated carbocycles. The quantitative estimate of drug-likeness (QED) is 0.334. The molecule has 7 rings (SSSR count). The first-order valence-corrected chi connectivity index (χ1v) is 14.3. The number of hydrogen-bond acceptors (Lipinski definition) is 9. The summed E-state index contributed by atoms with van der Waals surface area (Å²) >= 11 is 1.03. The molecule has 8 nitrogen and oxygen atoms in total. The Balaban J connectivity index is 1.34. The number of aromatic nitrogens is 4. The molecule has 0 radical (unpaired) electrons. The highest BCUT2D eigenvalue weighted by molar-refractivity contribution is 7.22. The van der Waals surface area contributed by atoms with Gasteiger partial charge in [0, 0.05) is 24.8 Å². The Morgan fingerprint density at radius 3 is 2.51 bits per heavy atom. The van der Waals surface area contributed by atoms with Gasteiger partial charge in [-0.25, -0.2) is 13.8 Å². The molecule has 2 N–H and O–H groups in total. The molecule has 4 aromatic rings. The molecule has 0 spiro atoms. The summed E-state index contributed by atoms with van der Waals surface area (Å²) in [5.74, 6) is -0.451. The zero-order valence-corrected chi connectivity index (χ0v) is 22.3. The van der Waals surface area contributed by atoms with Gasteiger partial charge in [0.25, 0.3) is 0 Å². The van der Waals surface area contributed by atoms with E-state index in [0.717, 1.165) is 76.0 Å². The lowest BCUT2D eigenvalue weighted by atomic mass is 9.95. The zero-order valence-electron chi connectivity index (χ0n) is 21.5. The molecule has 0 amide bonds. The molecular weight excluding hydrogens is 520 g/mol. The van der Waals surface area contributed by atoms with E-state index in [9.17, 15) is 4.39 Å². The standard InChI is InChI=1S/C28H29F2N7OS/c29-19-8-7-17(23-24(19)39-26(31)33-23)21-20(30)22-18(15-32-21)25(36-11-3-1-2-4-12-36)35-27(34-22)38-16-28-9-5-13-37(28)14-6-10-28/h1-2,7-8,15H,3-6,9-14,16H2,(H2,31,33). The fourth-order valence-electron chi connectivity index (χ4n) is 6.38. The lowest BCUT2D eigenvalue weighted by molar-refractivity contribution is 0.108. The van der Waals surface area contributed by atoms with Crippen molar-refractivity contribution in [2.45, 2.75) is 44.1 Å². The summed E-state index contributed by atoms with van der Waals surface area (Å²) in [6.45, 7) is 4.16. The van der Waals surface area contributed by atoms with E-state index in [2.05, 4.69) is 36.9 Å². The predicted octanol–water partition coefficient (Wildman–Crippen LogP) is 5.33. The number of nitrogens with two attached hydrogens (primary N) is 1. The normalized spacial score (nSPS) is 19.2. The van der Waals surface area contributed by atoms with Crippen molar-refractivity contribution in [2.24, 2.45) is 0 Å². The van der Waals surface area contributed by atoms with Gasteiger partial charge in [-0.2, -0.15) is 9.97 Å². The molecule has 6 heterocycles. The number of nitrogen functional groups attached to an aromatic ring is 1. The van der Waals surface area contributed by atoms with Crippen molar-refractivity contribution in [3.05, 3.63) is 42.1 Å². The number of nitrogens with zero attached hydrogens (tertiary/aromatic N) is 6. The fraction of sp³-hybridized carbons (Fsp3) is 0.429. The van der Waals surface area contributed by atoms with Crippen LogP contribution in [-0.4, -0.2) is 63.2 Å². The van der Waals surface area contributed by atoms with Crippen LogP contribution in [0.25, 0.3) is 32.4 Å². The molecule has 3 aliphatic heterocycles. The molecule has 39 heavy (non-hydrogen) atoms. The summed E-state index contributed by atoms with van der Waals surface area (Å²) in [5.41, 5.74) is 6.71. The molecular formula is C28H29F2N7OS. The third kappa shape index (κ3) is 4.19. The van der Waals surface area contributed by atoms with Crippen LogP contribution in [0.1, 0.15) is 38.5 Å². The van der Waals surface area contributed by atoms with Crippen molar-refractivity contribution in [3.8, 4) is 17.3 Å². The van der Waals surface area contributed by atoms with Crippen LogP contribution in [0.15, 0.2) is 30.5 Å². The molecule has 0 unspecified atom stereocenters. The highest BCUT2D eigenvalue weighted by atomic mass is 32.1. The van der Waals surface area contributed by atoms with Crippen LogP contribution in [0.2, 0.25) is 0 Å². The van der Waals surface area contributed by atoms with Crippen molar-refractivity contribution in [1.29, 1.82) is 0 Å². The zero-order chi connectivity index (χ0) is 26.6. The minimum atomic E-state index is -0.616. The fourth-order valence-corrected chi connectivity index (χ4v) is 7.14. The second-order valence-electron chi connectivity index (χ2n) is 10.6. The Morgan fingerprint density at radius 2 is 1.74 bits per heavy atom. The van der Waals surface area contributed by atoms with Gasteiger partial charge >= 0.3 is 6.01 Å². The number of rotatable bonds is 5. The summed E-state index contributed by atoms with van der Waals surface area (Å²) in [5, 5.41) is 0.725. The Morgan fingerprint density at radius 1 is 0.974 bits per heavy atom. The van der Waals surface area contributed by atoms with Gasteiger partial charge in [-0.3, -0.25) is 9.88 Å². The first-order valence-electron chi connectivity index (χ1n) is 13.5. The van der Waals surface area contributed by atoms with Crippen molar-refractivity contribution in [2.75, 3.05) is 43.4 Å². The van der Waals surface area contributed by atoms with Crippen molar-refractivity contribution >= 4 is 43.4 Å². The molecule has 2 saturated heterocycles. The van der Waals surface area contributed by atoms with E-state index in [1.165, 1.54) is 12.1 Å². The number of ether oxygens (including phenoxy) is 1. The minimum Gasteiger partial charge on any atom is -0.461 e. The van der Waals surface area contributed by atoms with Crippen LogP contribution in [0.5, 0.6) is 6.01 Å². The average molecular weight is 550 g/mol. The van der Waals surface area contributed by atoms with E-state index in [-0.39, 0.29) is 38.1 Å². The van der Waals surface area contributed by atoms with Crippen LogP contribution in [0.4, 0.5) is 19.7 Å². The summed E-state index contributed by atoms with van der Waals surface area (Å²) in [4.78, 5) is 22.8. The third-order valence-corrected chi connectivity index (χ3v) is 9.18. The van der Waals surface area contributed by atoms with E-state index in [0.29, 0.717) is 23.4 Å². The maximum Gasteiger partial charge on any atom is 0.319 e. The highest BCUT2D eigenvalue weighted by Gasteiger charge is 2.45. The summed E-state index contributed by atoms with van der Waals surface area (Å²) in [7, 11) is 0. The van der Waals surface area contributed by atoms with Gasteiger partial charge in [0.15, 0.2) is 10.9 Å². The largest absolute Gasteiger partial charge is 0.461 e. The lowest BCUT2D eigenvalue weighted by Crippen LogP contribution is -2.43. The number of pyridine rings is 1. The molecule has 2 fully saturated rings. The van der Waals surface area contributed by atoms with Gasteiger partial charge in [0.2, 0.25) is 0 Å². The Hall–Kier alpha value is -3.44. The monoisotopic (exact) mass is 549 g/mol. The van der Waals surface area contributed by atoms with E-state index < -0.39 is 11.6 Å². The van der Waals surface area contributed by atoms with Gasteiger partial charge in [-0.05, 0) is 63.7 Å². The van der Waals surface area contributed by atoms with Crippen molar-refractivity contribution in [1.82, 2.24) is 24.8 Å². The second-order valence-corrected chi connectivity index (χ2v) is 11.6. The van der Waals surface area contributed by atoms with Crippen LogP contribution in [0.3, 0.4) is 0 Å². The average Bonchev–Trinajstić information content (AvgIpc) is 3.56. The third-order valence-electron chi connectivity index (χ3n) is 8.29. The lowest BCUT2D eigenvalue weighted by Gasteiger charge is -2.31. The Bertz CT molecular complexity index is 1590. The molecule has 11 heteroatoms. The smallest absolute Gasteiger partial charge is 0.319 e. The molecule has 3 aromatic heterocycles. The molecule has 202 valence electrons. The predicted molar refractivity (Wildman–Crippen MR) is 149 cm³/mol. The summed E-state index contributed by atoms with van der Waals surface area (Å²) < 4.78 is 37.4. The topological polar surface area (TPSA) is 93.3 Å². The Labute approximate surface area is 228 Å². The summed E-state index contributed by atoms with van der Waals surface area (Å²) in [6.07, 6.45) is 12.1. The van der Waals surface area contributed by atoms with Gasteiger partial charge in [0.1, 0.15) is 29.5 Å². The van der Waals surface area contributed by atoms with E-state index in [1.807, 2.05) is 0 Å². The SMILES string of the molecule is Nc1nc2c(-c3ncc4c(N5CCC=CCC5)nc(OCC56CCCN5CCC6)nc4c3F)ccc(F)c2s1. The van der Waals surface area contributed by atoms with Crippen LogP contribution >= 0.6 is 11.3 Å². The first kappa shape index (κ1) is 24.6. The van der Waals surface area contributed by atoms with Crippen LogP contribution in [-0.2, 0) is 0 Å². The number of halogens is 2. The van der Waals surface area contributed by atoms with Crippen LogP contribution in [0, 0.1) is 11.6 Å². The summed E-state index contributed by atoms with van der Waals surface area (Å²) in [6, 6.07) is 2.95. The van der Waals surface area contributed by atoms with Crippen molar-refractivity contribution in [3.63, 3.8) is 0 Å². The minimum absolute atomic E-state index is 0.0111. The van der Waals surface area contributed by atoms with Gasteiger partial charge in [-0.15, -0.1) is 0 Å². The van der Waals surface area contributed by atoms with E-state index in [1.54, 1.807) is 6.20 Å². The maximum absolute atomic E-state index is 16.4. The van der Waals surface area contributed by atoms with Gasteiger partial charge in [-0.1, -0.05) is 23.5 Å². The number of anilines is 2. The molecule has 3 aliphatic rings. The Kier molecular flexibility index (Phi) is 6.07. The highest BCUT2D eigenvalue weighted by Crippen LogP contribution is 2.40. The van der Waals surface area contributed by atoms with Gasteiger partial charge in [0.05, 0.1) is 21.1 Å². The molecule has 1 aromatic carbocycles. The van der Waals surface area contributed by atoms with Crippen LogP contribution < -0.4 is 15.4 Å². The van der Waals surface area contributed by atoms with E-state index >= 15 is 4.39 Å². The molecule has 0 aliphatic carbocycles. The first-order chi connectivity index (χ1) is 19.0.